The maximum atomic E-state index is 12.5. The molecule has 0 radical (unpaired) electrons. The van der Waals surface area contributed by atoms with Crippen LogP contribution in [0.25, 0.3) is 6.08 Å². The average Bonchev–Trinajstić information content (AvgIpc) is 3.02. The van der Waals surface area contributed by atoms with Crippen molar-refractivity contribution in [2.24, 2.45) is 0 Å². The van der Waals surface area contributed by atoms with E-state index in [0.717, 1.165) is 22.2 Å². The van der Waals surface area contributed by atoms with Gasteiger partial charge in [-0.3, -0.25) is 19.3 Å². The number of aliphatic carboxylic acids is 1. The molecule has 0 bridgehead atoms. The number of rotatable bonds is 9. The zero-order valence-electron chi connectivity index (χ0n) is 18.0. The fraction of sp³-hybridized carbons (Fsp3) is 0.217. The Kier molecular flexibility index (Phi) is 8.07. The van der Waals surface area contributed by atoms with Crippen LogP contribution in [0.4, 0.5) is 5.69 Å². The standard InChI is InChI=1S/C23H22N2O6S2/c1-3-30-18-10-15(11-19-22(29)25(12-21(27)28)23(32)33-19)6-9-17(18)31-13-20(26)24-16-7-4-14(2)5-8-16/h4-11H,3,12-13H2,1-2H3,(H,24,26)(H,27,28)/b19-11-. The number of carbonyl (C=O) groups is 3. The van der Waals surface area contributed by atoms with Gasteiger partial charge in [0.05, 0.1) is 11.5 Å². The third-order valence-electron chi connectivity index (χ3n) is 4.43. The van der Waals surface area contributed by atoms with Gasteiger partial charge < -0.3 is 19.9 Å². The summed E-state index contributed by atoms with van der Waals surface area (Å²) in [5.41, 5.74) is 2.41. The first-order valence-electron chi connectivity index (χ1n) is 10.00. The quantitative estimate of drug-likeness (QED) is 0.408. The predicted octanol–water partition coefficient (Wildman–Crippen LogP) is 3.70. The monoisotopic (exact) mass is 486 g/mol. The first-order chi connectivity index (χ1) is 15.8. The highest BCUT2D eigenvalue weighted by atomic mass is 32.2. The number of anilines is 1. The Hall–Kier alpha value is -3.37. The van der Waals surface area contributed by atoms with Gasteiger partial charge in [0.15, 0.2) is 18.1 Å². The molecule has 1 heterocycles. The van der Waals surface area contributed by atoms with Crippen molar-refractivity contribution < 1.29 is 29.0 Å². The molecule has 1 saturated heterocycles. The molecule has 172 valence electrons. The van der Waals surface area contributed by atoms with Gasteiger partial charge in [-0.05, 0) is 49.8 Å². The van der Waals surface area contributed by atoms with Crippen molar-refractivity contribution in [3.8, 4) is 11.5 Å². The van der Waals surface area contributed by atoms with Crippen LogP contribution in [-0.4, -0.2) is 51.9 Å². The van der Waals surface area contributed by atoms with E-state index in [1.54, 1.807) is 24.3 Å². The van der Waals surface area contributed by atoms with Crippen LogP contribution in [-0.2, 0) is 14.4 Å². The van der Waals surface area contributed by atoms with E-state index in [1.807, 2.05) is 38.1 Å². The van der Waals surface area contributed by atoms with Crippen LogP contribution >= 0.6 is 24.0 Å². The predicted molar refractivity (Wildman–Crippen MR) is 130 cm³/mol. The lowest BCUT2D eigenvalue weighted by Crippen LogP contribution is -2.33. The number of nitrogens with zero attached hydrogens (tertiary/aromatic N) is 1. The summed E-state index contributed by atoms with van der Waals surface area (Å²) in [5.74, 6) is -1.12. The smallest absolute Gasteiger partial charge is 0.323 e. The molecule has 2 aromatic carbocycles. The van der Waals surface area contributed by atoms with Crippen molar-refractivity contribution in [2.45, 2.75) is 13.8 Å². The van der Waals surface area contributed by atoms with E-state index < -0.39 is 18.4 Å². The zero-order chi connectivity index (χ0) is 24.0. The summed E-state index contributed by atoms with van der Waals surface area (Å²) in [5, 5.41) is 11.7. The van der Waals surface area contributed by atoms with Gasteiger partial charge in [0, 0.05) is 5.69 Å². The Morgan fingerprint density at radius 1 is 1.15 bits per heavy atom. The van der Waals surface area contributed by atoms with Crippen LogP contribution in [0.2, 0.25) is 0 Å². The van der Waals surface area contributed by atoms with Crippen molar-refractivity contribution in [3.63, 3.8) is 0 Å². The van der Waals surface area contributed by atoms with Gasteiger partial charge in [0.1, 0.15) is 10.9 Å². The molecular weight excluding hydrogens is 464 g/mol. The van der Waals surface area contributed by atoms with Crippen LogP contribution in [0.15, 0.2) is 47.4 Å². The molecule has 10 heteroatoms. The topological polar surface area (TPSA) is 105 Å². The van der Waals surface area contributed by atoms with E-state index in [1.165, 1.54) is 0 Å². The fourth-order valence-electron chi connectivity index (χ4n) is 2.90. The van der Waals surface area contributed by atoms with E-state index in [2.05, 4.69) is 5.32 Å². The van der Waals surface area contributed by atoms with E-state index in [9.17, 15) is 14.4 Å². The second kappa shape index (κ2) is 11.0. The summed E-state index contributed by atoms with van der Waals surface area (Å²) in [4.78, 5) is 37.0. The van der Waals surface area contributed by atoms with Crippen molar-refractivity contribution >= 4 is 57.8 Å². The molecule has 1 fully saturated rings. The fourth-order valence-corrected chi connectivity index (χ4v) is 4.16. The lowest BCUT2D eigenvalue weighted by atomic mass is 10.2. The number of aryl methyl sites for hydroxylation is 1. The second-order valence-corrected chi connectivity index (χ2v) is 8.68. The van der Waals surface area contributed by atoms with Gasteiger partial charge in [-0.25, -0.2) is 0 Å². The number of thioether (sulfide) groups is 1. The molecule has 33 heavy (non-hydrogen) atoms. The van der Waals surface area contributed by atoms with Gasteiger partial charge in [-0.2, -0.15) is 0 Å². The molecule has 2 amide bonds. The molecule has 8 nitrogen and oxygen atoms in total. The van der Waals surface area contributed by atoms with E-state index in [4.69, 9.17) is 26.8 Å². The summed E-state index contributed by atoms with van der Waals surface area (Å²) in [7, 11) is 0. The average molecular weight is 487 g/mol. The Morgan fingerprint density at radius 2 is 1.88 bits per heavy atom. The third kappa shape index (κ3) is 6.56. The zero-order valence-corrected chi connectivity index (χ0v) is 19.6. The number of benzene rings is 2. The highest BCUT2D eigenvalue weighted by Crippen LogP contribution is 2.34. The number of carboxylic acid groups (broad SMARTS) is 1. The first kappa shape index (κ1) is 24.3. The summed E-state index contributed by atoms with van der Waals surface area (Å²) in [6.07, 6.45) is 1.61. The van der Waals surface area contributed by atoms with Crippen LogP contribution < -0.4 is 14.8 Å². The number of thiocarbonyl (C=S) groups is 1. The molecule has 1 aliphatic rings. The van der Waals surface area contributed by atoms with Gasteiger partial charge in [-0.15, -0.1) is 0 Å². The lowest BCUT2D eigenvalue weighted by molar-refractivity contribution is -0.140. The molecule has 0 aliphatic carbocycles. The molecule has 0 saturated carbocycles. The molecule has 0 unspecified atom stereocenters. The molecule has 1 aliphatic heterocycles. The van der Waals surface area contributed by atoms with Crippen LogP contribution in [0.5, 0.6) is 11.5 Å². The highest BCUT2D eigenvalue weighted by molar-refractivity contribution is 8.26. The number of ether oxygens (including phenoxy) is 2. The maximum absolute atomic E-state index is 12.5. The van der Waals surface area contributed by atoms with E-state index in [0.29, 0.717) is 34.3 Å². The number of carboxylic acids is 1. The summed E-state index contributed by atoms with van der Waals surface area (Å²) >= 11 is 6.15. The van der Waals surface area contributed by atoms with Crippen molar-refractivity contribution in [3.05, 3.63) is 58.5 Å². The highest BCUT2D eigenvalue weighted by Gasteiger charge is 2.33. The third-order valence-corrected chi connectivity index (χ3v) is 5.80. The number of hydrogen-bond acceptors (Lipinski definition) is 7. The van der Waals surface area contributed by atoms with Crippen molar-refractivity contribution in [1.29, 1.82) is 0 Å². The summed E-state index contributed by atoms with van der Waals surface area (Å²) in [6, 6.07) is 12.5. The molecule has 2 aromatic rings. The molecular formula is C23H22N2O6S2. The van der Waals surface area contributed by atoms with Crippen molar-refractivity contribution in [1.82, 2.24) is 4.90 Å². The SMILES string of the molecule is CCOc1cc(/C=C2\SC(=S)N(CC(=O)O)C2=O)ccc1OCC(=O)Nc1ccc(C)cc1. The molecule has 3 rings (SSSR count). The minimum Gasteiger partial charge on any atom is -0.490 e. The molecule has 0 atom stereocenters. The van der Waals surface area contributed by atoms with Gasteiger partial charge >= 0.3 is 5.97 Å². The minimum atomic E-state index is -1.14. The molecule has 2 N–H and O–H groups in total. The second-order valence-electron chi connectivity index (χ2n) is 7.00. The van der Waals surface area contributed by atoms with Crippen molar-refractivity contribution in [2.75, 3.05) is 25.1 Å². The maximum Gasteiger partial charge on any atom is 0.323 e. The Morgan fingerprint density at radius 3 is 2.55 bits per heavy atom. The molecule has 0 aromatic heterocycles. The number of hydrogen-bond donors (Lipinski definition) is 2. The largest absolute Gasteiger partial charge is 0.490 e. The number of amides is 2. The Balaban J connectivity index is 1.70. The summed E-state index contributed by atoms with van der Waals surface area (Å²) < 4.78 is 11.5. The van der Waals surface area contributed by atoms with E-state index in [-0.39, 0.29) is 16.8 Å². The minimum absolute atomic E-state index is 0.193. The number of carbonyl (C=O) groups excluding carboxylic acids is 2. The summed E-state index contributed by atoms with van der Waals surface area (Å²) in [6.45, 7) is 3.46. The Labute approximate surface area is 200 Å². The van der Waals surface area contributed by atoms with Crippen LogP contribution in [0.1, 0.15) is 18.1 Å². The van der Waals surface area contributed by atoms with E-state index >= 15 is 0 Å². The Bertz CT molecular complexity index is 1110. The lowest BCUT2D eigenvalue weighted by Gasteiger charge is -2.13. The first-order valence-corrected chi connectivity index (χ1v) is 11.2. The van der Waals surface area contributed by atoms with Gasteiger partial charge in [0.25, 0.3) is 11.8 Å². The normalized spacial score (nSPS) is 14.5. The van der Waals surface area contributed by atoms with Gasteiger partial charge in [-0.1, -0.05) is 47.7 Å². The van der Waals surface area contributed by atoms with Crippen LogP contribution in [0.3, 0.4) is 0 Å². The van der Waals surface area contributed by atoms with Crippen LogP contribution in [0, 0.1) is 6.92 Å². The van der Waals surface area contributed by atoms with Gasteiger partial charge in [0.2, 0.25) is 0 Å². The number of nitrogens with one attached hydrogen (secondary N) is 1. The molecule has 0 spiro atoms.